The second-order valence-electron chi connectivity index (χ2n) is 6.04. The molecule has 1 saturated heterocycles. The van der Waals surface area contributed by atoms with Gasteiger partial charge in [0.15, 0.2) is 5.82 Å². The molecule has 0 aromatic carbocycles. The normalized spacial score (nSPS) is 20.5. The summed E-state index contributed by atoms with van der Waals surface area (Å²) in [5.74, 6) is 0.914. The van der Waals surface area contributed by atoms with Crippen molar-refractivity contribution in [1.82, 2.24) is 15.2 Å². The summed E-state index contributed by atoms with van der Waals surface area (Å²) in [4.78, 5) is 6.41. The van der Waals surface area contributed by atoms with Gasteiger partial charge in [-0.2, -0.15) is 5.10 Å². The third kappa shape index (κ3) is 4.07. The summed E-state index contributed by atoms with van der Waals surface area (Å²) in [5.41, 5.74) is 2.18. The quantitative estimate of drug-likeness (QED) is 0.725. The van der Waals surface area contributed by atoms with Crippen molar-refractivity contribution >= 4 is 5.82 Å². The minimum Gasteiger partial charge on any atom is -0.382 e. The summed E-state index contributed by atoms with van der Waals surface area (Å²) in [7, 11) is 1.70. The third-order valence-corrected chi connectivity index (χ3v) is 4.38. The fourth-order valence-corrected chi connectivity index (χ4v) is 3.13. The zero-order chi connectivity index (χ0) is 16.8. The molecule has 3 heterocycles. The molecule has 0 unspecified atom stereocenters. The molecule has 0 radical (unpaired) electrons. The summed E-state index contributed by atoms with van der Waals surface area (Å²) in [6, 6.07) is 8.40. The Kier molecular flexibility index (Phi) is 5.72. The standard InChI is InChI=1S/C18H24N4O2/c1-14-3-4-18(21-20-14)22-10-7-17(24-12-11-23-2)16(22)13-15-5-8-19-9-6-15/h3-6,8-9,16-17H,7,10-13H2,1-2H3/t16-,17-/m1/s1. The lowest BCUT2D eigenvalue weighted by Gasteiger charge is -2.29. The number of nitrogens with zero attached hydrogens (tertiary/aromatic N) is 4. The fraction of sp³-hybridized carbons (Fsp3) is 0.500. The topological polar surface area (TPSA) is 60.4 Å². The zero-order valence-corrected chi connectivity index (χ0v) is 14.3. The molecule has 6 nitrogen and oxygen atoms in total. The molecular formula is C18H24N4O2. The first-order valence-electron chi connectivity index (χ1n) is 8.34. The second kappa shape index (κ2) is 8.17. The minimum absolute atomic E-state index is 0.163. The molecule has 0 bridgehead atoms. The highest BCUT2D eigenvalue weighted by Crippen LogP contribution is 2.28. The Bertz CT molecular complexity index is 621. The van der Waals surface area contributed by atoms with E-state index >= 15 is 0 Å². The van der Waals surface area contributed by atoms with E-state index in [2.05, 4.69) is 32.2 Å². The van der Waals surface area contributed by atoms with Crippen LogP contribution in [0.2, 0.25) is 0 Å². The van der Waals surface area contributed by atoms with Crippen LogP contribution in [0.5, 0.6) is 0 Å². The number of hydrogen-bond acceptors (Lipinski definition) is 6. The van der Waals surface area contributed by atoms with Crippen LogP contribution in [0.4, 0.5) is 5.82 Å². The van der Waals surface area contributed by atoms with E-state index in [1.165, 1.54) is 5.56 Å². The first-order chi connectivity index (χ1) is 11.8. The van der Waals surface area contributed by atoms with Gasteiger partial charge in [0.05, 0.1) is 31.1 Å². The van der Waals surface area contributed by atoms with Crippen molar-refractivity contribution in [2.24, 2.45) is 0 Å². The van der Waals surface area contributed by atoms with Gasteiger partial charge in [-0.15, -0.1) is 5.10 Å². The van der Waals surface area contributed by atoms with E-state index in [-0.39, 0.29) is 12.1 Å². The van der Waals surface area contributed by atoms with Crippen LogP contribution in [0.3, 0.4) is 0 Å². The van der Waals surface area contributed by atoms with E-state index < -0.39 is 0 Å². The molecule has 0 N–H and O–H groups in total. The average Bonchev–Trinajstić information content (AvgIpc) is 2.99. The van der Waals surface area contributed by atoms with E-state index in [1.807, 2.05) is 31.5 Å². The number of aromatic nitrogens is 3. The molecule has 3 rings (SSSR count). The average molecular weight is 328 g/mol. The van der Waals surface area contributed by atoms with E-state index in [0.717, 1.165) is 30.9 Å². The van der Waals surface area contributed by atoms with E-state index in [9.17, 15) is 0 Å². The fourth-order valence-electron chi connectivity index (χ4n) is 3.13. The van der Waals surface area contributed by atoms with Crippen LogP contribution >= 0.6 is 0 Å². The summed E-state index contributed by atoms with van der Waals surface area (Å²) in [5, 5.41) is 8.57. The molecule has 1 aliphatic rings. The maximum atomic E-state index is 6.07. The molecule has 0 saturated carbocycles. The molecule has 2 aromatic rings. The van der Waals surface area contributed by atoms with Gasteiger partial charge < -0.3 is 14.4 Å². The first-order valence-corrected chi connectivity index (χ1v) is 8.34. The maximum absolute atomic E-state index is 6.07. The first kappa shape index (κ1) is 16.8. The van der Waals surface area contributed by atoms with Gasteiger partial charge in [-0.25, -0.2) is 0 Å². The Hall–Kier alpha value is -2.05. The Morgan fingerprint density at radius 2 is 1.96 bits per heavy atom. The maximum Gasteiger partial charge on any atom is 0.151 e. The predicted molar refractivity (Wildman–Crippen MR) is 92.1 cm³/mol. The van der Waals surface area contributed by atoms with Crippen molar-refractivity contribution in [2.45, 2.75) is 31.9 Å². The highest BCUT2D eigenvalue weighted by atomic mass is 16.5. The molecule has 2 atom stereocenters. The smallest absolute Gasteiger partial charge is 0.151 e. The second-order valence-corrected chi connectivity index (χ2v) is 6.04. The van der Waals surface area contributed by atoms with Crippen molar-refractivity contribution in [3.63, 3.8) is 0 Å². The molecular weight excluding hydrogens is 304 g/mol. The van der Waals surface area contributed by atoms with Crippen molar-refractivity contribution < 1.29 is 9.47 Å². The Morgan fingerprint density at radius 3 is 2.67 bits per heavy atom. The van der Waals surface area contributed by atoms with Crippen LogP contribution < -0.4 is 4.90 Å². The van der Waals surface area contributed by atoms with Gasteiger partial charge in [-0.1, -0.05) is 0 Å². The van der Waals surface area contributed by atoms with Crippen molar-refractivity contribution in [3.8, 4) is 0 Å². The molecule has 0 aliphatic carbocycles. The largest absolute Gasteiger partial charge is 0.382 e. The van der Waals surface area contributed by atoms with Crippen LogP contribution in [0.1, 0.15) is 17.7 Å². The van der Waals surface area contributed by atoms with Gasteiger partial charge in [0.2, 0.25) is 0 Å². The highest BCUT2D eigenvalue weighted by Gasteiger charge is 2.35. The summed E-state index contributed by atoms with van der Waals surface area (Å²) >= 11 is 0. The molecule has 0 spiro atoms. The van der Waals surface area contributed by atoms with E-state index in [0.29, 0.717) is 13.2 Å². The summed E-state index contributed by atoms with van der Waals surface area (Å²) in [6.45, 7) is 4.10. The van der Waals surface area contributed by atoms with Crippen molar-refractivity contribution in [3.05, 3.63) is 47.9 Å². The Morgan fingerprint density at radius 1 is 1.12 bits per heavy atom. The molecule has 128 valence electrons. The Labute approximate surface area is 142 Å². The van der Waals surface area contributed by atoms with Gasteiger partial charge in [-0.05, 0) is 49.6 Å². The Balaban J connectivity index is 1.77. The van der Waals surface area contributed by atoms with E-state index in [1.54, 1.807) is 7.11 Å². The van der Waals surface area contributed by atoms with Gasteiger partial charge in [0, 0.05) is 26.0 Å². The lowest BCUT2D eigenvalue weighted by molar-refractivity contribution is 0.0137. The zero-order valence-electron chi connectivity index (χ0n) is 14.3. The van der Waals surface area contributed by atoms with Gasteiger partial charge in [0.1, 0.15) is 0 Å². The number of aryl methyl sites for hydroxylation is 1. The SMILES string of the molecule is COCCO[C@@H]1CCN(c2ccc(C)nn2)[C@@H]1Cc1ccncc1. The van der Waals surface area contributed by atoms with E-state index in [4.69, 9.17) is 9.47 Å². The predicted octanol–water partition coefficient (Wildman–Crippen LogP) is 2.03. The van der Waals surface area contributed by atoms with Crippen LogP contribution in [-0.4, -0.2) is 54.2 Å². The van der Waals surface area contributed by atoms with Crippen molar-refractivity contribution in [2.75, 3.05) is 31.8 Å². The number of pyridine rings is 1. The van der Waals surface area contributed by atoms with Crippen molar-refractivity contribution in [1.29, 1.82) is 0 Å². The number of ether oxygens (including phenoxy) is 2. The number of rotatable bonds is 7. The molecule has 2 aromatic heterocycles. The lowest BCUT2D eigenvalue weighted by atomic mass is 10.0. The van der Waals surface area contributed by atoms with Crippen LogP contribution in [0.15, 0.2) is 36.7 Å². The minimum atomic E-state index is 0.163. The molecule has 1 fully saturated rings. The number of methoxy groups -OCH3 is 1. The van der Waals surface area contributed by atoms with Crippen LogP contribution in [0, 0.1) is 6.92 Å². The lowest BCUT2D eigenvalue weighted by Crippen LogP contribution is -2.39. The van der Waals surface area contributed by atoms with Gasteiger partial charge in [-0.3, -0.25) is 4.98 Å². The molecule has 6 heteroatoms. The summed E-state index contributed by atoms with van der Waals surface area (Å²) in [6.07, 6.45) is 5.71. The van der Waals surface area contributed by atoms with Gasteiger partial charge in [0.25, 0.3) is 0 Å². The molecule has 0 amide bonds. The monoisotopic (exact) mass is 328 g/mol. The third-order valence-electron chi connectivity index (χ3n) is 4.38. The number of anilines is 1. The highest BCUT2D eigenvalue weighted by molar-refractivity contribution is 5.41. The summed E-state index contributed by atoms with van der Waals surface area (Å²) < 4.78 is 11.2. The van der Waals surface area contributed by atoms with Crippen LogP contribution in [0.25, 0.3) is 0 Å². The number of hydrogen-bond donors (Lipinski definition) is 0. The van der Waals surface area contributed by atoms with Crippen LogP contribution in [-0.2, 0) is 15.9 Å². The van der Waals surface area contributed by atoms with Gasteiger partial charge >= 0.3 is 0 Å². The molecule has 24 heavy (non-hydrogen) atoms. The molecule has 1 aliphatic heterocycles.